The molecule has 3 heterocycles. The summed E-state index contributed by atoms with van der Waals surface area (Å²) in [7, 11) is 1.45. The van der Waals surface area contributed by atoms with Crippen molar-refractivity contribution in [3.63, 3.8) is 0 Å². The number of hydrogen-bond acceptors (Lipinski definition) is 8. The first-order valence-electron chi connectivity index (χ1n) is 9.42. The number of anilines is 1. The van der Waals surface area contributed by atoms with Crippen molar-refractivity contribution in [3.05, 3.63) is 63.8 Å². The van der Waals surface area contributed by atoms with E-state index in [0.29, 0.717) is 40.8 Å². The average molecular weight is 407 g/mol. The molecular formula is C20H17N5O5. The molecule has 10 nitrogen and oxygen atoms in total. The van der Waals surface area contributed by atoms with Crippen LogP contribution < -0.4 is 10.1 Å². The molecule has 1 N–H and O–H groups in total. The summed E-state index contributed by atoms with van der Waals surface area (Å²) in [6.45, 7) is 0. The Kier molecular flexibility index (Phi) is 4.12. The van der Waals surface area contributed by atoms with Gasteiger partial charge in [0.05, 0.1) is 23.7 Å². The highest BCUT2D eigenvalue weighted by Crippen LogP contribution is 2.42. The molecule has 10 heteroatoms. The lowest BCUT2D eigenvalue weighted by atomic mass is 9.88. The van der Waals surface area contributed by atoms with E-state index in [9.17, 15) is 14.9 Å². The molecule has 0 radical (unpaired) electrons. The highest BCUT2D eigenvalue weighted by molar-refractivity contribution is 5.99. The topological polar surface area (TPSA) is 125 Å². The summed E-state index contributed by atoms with van der Waals surface area (Å²) >= 11 is 0. The van der Waals surface area contributed by atoms with Crippen LogP contribution in [-0.2, 0) is 4.79 Å². The van der Waals surface area contributed by atoms with Gasteiger partial charge in [0.1, 0.15) is 29.6 Å². The van der Waals surface area contributed by atoms with Crippen molar-refractivity contribution in [1.82, 2.24) is 14.8 Å². The smallest absolute Gasteiger partial charge is 0.284 e. The van der Waals surface area contributed by atoms with Gasteiger partial charge in [-0.2, -0.15) is 10.1 Å². The maximum absolute atomic E-state index is 12.7. The number of rotatable bonds is 4. The molecule has 0 bridgehead atoms. The first-order chi connectivity index (χ1) is 14.6. The molecule has 1 aliphatic heterocycles. The van der Waals surface area contributed by atoms with Gasteiger partial charge in [-0.15, -0.1) is 0 Å². The van der Waals surface area contributed by atoms with E-state index in [0.717, 1.165) is 18.5 Å². The van der Waals surface area contributed by atoms with E-state index >= 15 is 0 Å². The number of carbonyl (C=O) groups excluding carboxylic acids is 1. The Balaban J connectivity index is 1.62. The highest BCUT2D eigenvalue weighted by atomic mass is 16.6. The number of carbonyl (C=O) groups is 1. The number of nitro groups is 1. The van der Waals surface area contributed by atoms with Crippen LogP contribution in [-0.4, -0.2) is 32.6 Å². The van der Waals surface area contributed by atoms with Crippen LogP contribution in [0.25, 0.3) is 11.3 Å². The van der Waals surface area contributed by atoms with E-state index in [4.69, 9.17) is 9.15 Å². The summed E-state index contributed by atoms with van der Waals surface area (Å²) in [5.41, 5.74) is 1.62. The van der Waals surface area contributed by atoms with Crippen LogP contribution in [0.4, 0.5) is 11.6 Å². The minimum atomic E-state index is -0.572. The summed E-state index contributed by atoms with van der Waals surface area (Å²) in [6.07, 6.45) is 3.38. The van der Waals surface area contributed by atoms with Crippen molar-refractivity contribution in [1.29, 1.82) is 0 Å². The first-order valence-corrected chi connectivity index (χ1v) is 9.42. The van der Waals surface area contributed by atoms with Gasteiger partial charge < -0.3 is 14.5 Å². The summed E-state index contributed by atoms with van der Waals surface area (Å²) in [4.78, 5) is 28.0. The Morgan fingerprint density at radius 1 is 1.30 bits per heavy atom. The Hall–Kier alpha value is -3.95. The standard InChI is InChI=1S/C20H17N5O5/c1-29-11-5-6-12(14(9-11)25(27)28)16-7-8-17(30-16)19-18-13(3-2-4-15(18)26)23-20-21-10-22-24(19)20/h5-10,19H,2-4H2,1H3,(H,21,22,23). The maximum Gasteiger partial charge on any atom is 0.284 e. The highest BCUT2D eigenvalue weighted by Gasteiger charge is 2.38. The molecule has 2 aliphatic rings. The second-order valence-electron chi connectivity index (χ2n) is 7.07. The molecule has 1 aliphatic carbocycles. The van der Waals surface area contributed by atoms with Gasteiger partial charge in [-0.1, -0.05) is 0 Å². The second-order valence-corrected chi connectivity index (χ2v) is 7.07. The SMILES string of the molecule is COc1ccc(-c2ccc(C3C4=C(CCCC4=O)Nc4ncnn43)o2)c([N+](=O)[O-])c1. The quantitative estimate of drug-likeness (QED) is 0.515. The number of aromatic nitrogens is 3. The number of Topliss-reactive ketones (excluding diaryl/α,β-unsaturated/α-hetero) is 1. The molecule has 0 fully saturated rings. The van der Waals surface area contributed by atoms with Crippen LogP contribution in [0.1, 0.15) is 31.1 Å². The number of allylic oxidation sites excluding steroid dienone is 2. The van der Waals surface area contributed by atoms with Crippen molar-refractivity contribution in [2.75, 3.05) is 12.4 Å². The Morgan fingerprint density at radius 3 is 2.97 bits per heavy atom. The van der Waals surface area contributed by atoms with Crippen LogP contribution in [0, 0.1) is 10.1 Å². The Bertz CT molecular complexity index is 1210. The van der Waals surface area contributed by atoms with Gasteiger partial charge in [0.25, 0.3) is 5.69 Å². The zero-order valence-electron chi connectivity index (χ0n) is 16.0. The molecule has 152 valence electrons. The van der Waals surface area contributed by atoms with E-state index in [1.165, 1.54) is 19.5 Å². The normalized spacial score (nSPS) is 17.9. The van der Waals surface area contributed by atoms with Crippen molar-refractivity contribution < 1.29 is 18.9 Å². The predicted octanol–water partition coefficient (Wildman–Crippen LogP) is 3.48. The van der Waals surface area contributed by atoms with Gasteiger partial charge in [-0.05, 0) is 37.1 Å². The third-order valence-corrected chi connectivity index (χ3v) is 5.37. The van der Waals surface area contributed by atoms with E-state index in [1.807, 2.05) is 0 Å². The van der Waals surface area contributed by atoms with Crippen LogP contribution in [0.15, 0.2) is 52.3 Å². The minimum absolute atomic E-state index is 0.0308. The van der Waals surface area contributed by atoms with Gasteiger partial charge in [0.2, 0.25) is 5.95 Å². The summed E-state index contributed by atoms with van der Waals surface area (Å²) in [5, 5.41) is 19.0. The number of ketones is 1. The third kappa shape index (κ3) is 2.76. The third-order valence-electron chi connectivity index (χ3n) is 5.37. The predicted molar refractivity (Wildman–Crippen MR) is 105 cm³/mol. The molecule has 0 saturated carbocycles. The van der Waals surface area contributed by atoms with Gasteiger partial charge in [-0.3, -0.25) is 14.9 Å². The molecular weight excluding hydrogens is 390 g/mol. The fourth-order valence-electron chi connectivity index (χ4n) is 4.00. The number of fused-ring (bicyclic) bond motifs is 1. The number of nitrogens with one attached hydrogen (secondary N) is 1. The van der Waals surface area contributed by atoms with E-state index in [-0.39, 0.29) is 11.5 Å². The van der Waals surface area contributed by atoms with Gasteiger partial charge >= 0.3 is 0 Å². The first kappa shape index (κ1) is 18.1. The maximum atomic E-state index is 12.7. The molecule has 1 aromatic carbocycles. The van der Waals surface area contributed by atoms with E-state index < -0.39 is 11.0 Å². The van der Waals surface area contributed by atoms with Crippen molar-refractivity contribution >= 4 is 17.4 Å². The van der Waals surface area contributed by atoms with Gasteiger partial charge in [0.15, 0.2) is 5.78 Å². The number of nitrogens with zero attached hydrogens (tertiary/aromatic N) is 4. The summed E-state index contributed by atoms with van der Waals surface area (Å²) < 4.78 is 12.7. The van der Waals surface area contributed by atoms with Crippen LogP contribution in [0.3, 0.4) is 0 Å². The summed E-state index contributed by atoms with van der Waals surface area (Å²) in [6, 6.07) is 7.38. The van der Waals surface area contributed by atoms with Crippen molar-refractivity contribution in [3.8, 4) is 17.1 Å². The van der Waals surface area contributed by atoms with Crippen LogP contribution in [0.2, 0.25) is 0 Å². The number of benzene rings is 1. The van der Waals surface area contributed by atoms with Gasteiger partial charge in [-0.25, -0.2) is 4.68 Å². The molecule has 3 aromatic rings. The fourth-order valence-corrected chi connectivity index (χ4v) is 4.00. The molecule has 1 unspecified atom stereocenters. The van der Waals surface area contributed by atoms with E-state index in [2.05, 4.69) is 15.4 Å². The number of ether oxygens (including phenoxy) is 1. The monoisotopic (exact) mass is 407 g/mol. The lowest BCUT2D eigenvalue weighted by molar-refractivity contribution is -0.384. The van der Waals surface area contributed by atoms with Crippen LogP contribution >= 0.6 is 0 Å². The molecule has 1 atom stereocenters. The second kappa shape index (κ2) is 6.83. The Morgan fingerprint density at radius 2 is 2.17 bits per heavy atom. The Labute approximate surface area is 170 Å². The van der Waals surface area contributed by atoms with E-state index in [1.54, 1.807) is 28.9 Å². The van der Waals surface area contributed by atoms with Crippen LogP contribution in [0.5, 0.6) is 5.75 Å². The summed E-state index contributed by atoms with van der Waals surface area (Å²) in [5.74, 6) is 1.73. The lowest BCUT2D eigenvalue weighted by Gasteiger charge is -2.30. The lowest BCUT2D eigenvalue weighted by Crippen LogP contribution is -2.31. The number of furan rings is 1. The molecule has 0 spiro atoms. The zero-order chi connectivity index (χ0) is 20.8. The van der Waals surface area contributed by atoms with Crippen molar-refractivity contribution in [2.45, 2.75) is 25.3 Å². The molecule has 0 amide bonds. The largest absolute Gasteiger partial charge is 0.497 e. The molecule has 30 heavy (non-hydrogen) atoms. The number of hydrogen-bond donors (Lipinski definition) is 1. The fraction of sp³-hybridized carbons (Fsp3) is 0.250. The minimum Gasteiger partial charge on any atom is -0.497 e. The molecule has 0 saturated heterocycles. The number of nitro benzene ring substituents is 1. The molecule has 5 rings (SSSR count). The molecule has 2 aromatic heterocycles. The average Bonchev–Trinajstić information content (AvgIpc) is 3.41. The zero-order valence-corrected chi connectivity index (χ0v) is 16.0. The van der Waals surface area contributed by atoms with Gasteiger partial charge in [0, 0.05) is 17.7 Å². The number of methoxy groups -OCH3 is 1. The van der Waals surface area contributed by atoms with Crippen molar-refractivity contribution in [2.24, 2.45) is 0 Å².